The lowest BCUT2D eigenvalue weighted by atomic mass is 10.4. The van der Waals surface area contributed by atoms with Crippen LogP contribution in [-0.2, 0) is 23.0 Å². The Balaban J connectivity index is 2.44. The van der Waals surface area contributed by atoms with Crippen LogP contribution in [0.4, 0.5) is 0 Å². The molecule has 5 nitrogen and oxygen atoms in total. The van der Waals surface area contributed by atoms with Gasteiger partial charge in [-0.1, -0.05) is 6.92 Å². The Morgan fingerprint density at radius 2 is 2.31 bits per heavy atom. The van der Waals surface area contributed by atoms with Gasteiger partial charge in [-0.2, -0.15) is 0 Å². The molecule has 3 N–H and O–H groups in total. The molecule has 16 heavy (non-hydrogen) atoms. The second-order valence-electron chi connectivity index (χ2n) is 3.36. The molecule has 7 heteroatoms. The molecule has 0 saturated heterocycles. The maximum Gasteiger partial charge on any atom is 0.212 e. The van der Waals surface area contributed by atoms with Crippen LogP contribution in [0.5, 0.6) is 0 Å². The highest BCUT2D eigenvalue weighted by molar-refractivity contribution is 7.89. The van der Waals surface area contributed by atoms with Gasteiger partial charge in [0.25, 0.3) is 0 Å². The standard InChI is InChI=1S/C9H17N3O2S2/c1-2-8-6-11-9(15-8)7-12-16(13,14)5-3-4-10/h6,12H,2-5,7,10H2,1H3. The maximum absolute atomic E-state index is 11.4. The molecule has 0 unspecified atom stereocenters. The number of rotatable bonds is 7. The molecule has 0 saturated carbocycles. The minimum Gasteiger partial charge on any atom is -0.330 e. The summed E-state index contributed by atoms with van der Waals surface area (Å²) < 4.78 is 25.4. The summed E-state index contributed by atoms with van der Waals surface area (Å²) in [5.41, 5.74) is 5.26. The van der Waals surface area contributed by atoms with Gasteiger partial charge in [0.05, 0.1) is 12.3 Å². The fourth-order valence-electron chi connectivity index (χ4n) is 1.11. The monoisotopic (exact) mass is 263 g/mol. The van der Waals surface area contributed by atoms with Crippen LogP contribution in [0.2, 0.25) is 0 Å². The lowest BCUT2D eigenvalue weighted by Crippen LogP contribution is -2.26. The van der Waals surface area contributed by atoms with Gasteiger partial charge >= 0.3 is 0 Å². The van der Waals surface area contributed by atoms with E-state index in [9.17, 15) is 8.42 Å². The quantitative estimate of drug-likeness (QED) is 0.749. The fourth-order valence-corrected chi connectivity index (χ4v) is 3.05. The van der Waals surface area contributed by atoms with E-state index in [1.165, 1.54) is 11.3 Å². The summed E-state index contributed by atoms with van der Waals surface area (Å²) in [5, 5.41) is 0.799. The predicted octanol–water partition coefficient (Wildman–Crippen LogP) is 0.474. The van der Waals surface area contributed by atoms with Crippen LogP contribution in [0, 0.1) is 0 Å². The number of hydrogen-bond acceptors (Lipinski definition) is 5. The topological polar surface area (TPSA) is 85.1 Å². The van der Waals surface area contributed by atoms with Crippen LogP contribution < -0.4 is 10.5 Å². The van der Waals surface area contributed by atoms with E-state index >= 15 is 0 Å². The van der Waals surface area contributed by atoms with Crippen molar-refractivity contribution >= 4 is 21.4 Å². The van der Waals surface area contributed by atoms with Gasteiger partial charge < -0.3 is 5.73 Å². The van der Waals surface area contributed by atoms with Crippen molar-refractivity contribution in [2.24, 2.45) is 5.73 Å². The van der Waals surface area contributed by atoms with Crippen LogP contribution in [0.15, 0.2) is 6.20 Å². The zero-order valence-corrected chi connectivity index (χ0v) is 10.9. The Labute approximate surface area is 100 Å². The molecule has 0 aromatic carbocycles. The largest absolute Gasteiger partial charge is 0.330 e. The molecule has 0 aliphatic carbocycles. The van der Waals surface area contributed by atoms with Gasteiger partial charge in [0.15, 0.2) is 0 Å². The van der Waals surface area contributed by atoms with Gasteiger partial charge in [0.1, 0.15) is 5.01 Å². The molecule has 0 fully saturated rings. The number of thiazole rings is 1. The number of aryl methyl sites for hydroxylation is 1. The molecule has 92 valence electrons. The van der Waals surface area contributed by atoms with Crippen molar-refractivity contribution in [3.8, 4) is 0 Å². The minimum atomic E-state index is -3.20. The number of sulfonamides is 1. The highest BCUT2D eigenvalue weighted by Gasteiger charge is 2.10. The average molecular weight is 263 g/mol. The van der Waals surface area contributed by atoms with E-state index in [-0.39, 0.29) is 12.3 Å². The van der Waals surface area contributed by atoms with Crippen molar-refractivity contribution in [3.05, 3.63) is 16.1 Å². The highest BCUT2D eigenvalue weighted by atomic mass is 32.2. The highest BCUT2D eigenvalue weighted by Crippen LogP contribution is 2.13. The third-order valence-electron chi connectivity index (χ3n) is 2.01. The lowest BCUT2D eigenvalue weighted by Gasteiger charge is -2.03. The van der Waals surface area contributed by atoms with E-state index in [4.69, 9.17) is 5.73 Å². The Hall–Kier alpha value is -0.500. The van der Waals surface area contributed by atoms with Gasteiger partial charge in [-0.05, 0) is 19.4 Å². The molecule has 1 heterocycles. The third kappa shape index (κ3) is 4.56. The van der Waals surface area contributed by atoms with Crippen molar-refractivity contribution in [1.29, 1.82) is 0 Å². The Bertz CT molecular complexity index is 414. The predicted molar refractivity (Wildman–Crippen MR) is 65.8 cm³/mol. The van der Waals surface area contributed by atoms with Crippen LogP contribution in [0.1, 0.15) is 23.2 Å². The first kappa shape index (κ1) is 13.6. The minimum absolute atomic E-state index is 0.0789. The molecule has 0 spiro atoms. The van der Waals surface area contributed by atoms with Crippen LogP contribution in [-0.4, -0.2) is 25.7 Å². The summed E-state index contributed by atoms with van der Waals surface area (Å²) >= 11 is 1.53. The van der Waals surface area contributed by atoms with Crippen molar-refractivity contribution < 1.29 is 8.42 Å². The second-order valence-corrected chi connectivity index (χ2v) is 6.48. The molecule has 0 atom stereocenters. The SMILES string of the molecule is CCc1cnc(CNS(=O)(=O)CCCN)s1. The first-order chi connectivity index (χ1) is 7.57. The van der Waals surface area contributed by atoms with E-state index in [1.807, 2.05) is 6.92 Å². The number of hydrogen-bond donors (Lipinski definition) is 2. The number of nitrogens with one attached hydrogen (secondary N) is 1. The molecular weight excluding hydrogens is 246 g/mol. The van der Waals surface area contributed by atoms with Gasteiger partial charge in [0, 0.05) is 11.1 Å². The fraction of sp³-hybridized carbons (Fsp3) is 0.667. The lowest BCUT2D eigenvalue weighted by molar-refractivity contribution is 0.578. The van der Waals surface area contributed by atoms with E-state index in [0.717, 1.165) is 16.3 Å². The summed E-state index contributed by atoms with van der Waals surface area (Å²) in [4.78, 5) is 5.30. The van der Waals surface area contributed by atoms with Crippen LogP contribution in [0.25, 0.3) is 0 Å². The second kappa shape index (κ2) is 6.29. The van der Waals surface area contributed by atoms with E-state index < -0.39 is 10.0 Å². The van der Waals surface area contributed by atoms with Gasteiger partial charge in [-0.25, -0.2) is 18.1 Å². The van der Waals surface area contributed by atoms with E-state index in [0.29, 0.717) is 13.0 Å². The summed E-state index contributed by atoms with van der Waals surface area (Å²) in [6, 6.07) is 0. The molecule has 0 bridgehead atoms. The van der Waals surface area contributed by atoms with Crippen molar-refractivity contribution in [3.63, 3.8) is 0 Å². The maximum atomic E-state index is 11.4. The molecule has 0 aliphatic heterocycles. The van der Waals surface area contributed by atoms with Crippen LogP contribution >= 0.6 is 11.3 Å². The van der Waals surface area contributed by atoms with Gasteiger partial charge in [0.2, 0.25) is 10.0 Å². The zero-order chi connectivity index (χ0) is 12.0. The normalized spacial score (nSPS) is 11.9. The van der Waals surface area contributed by atoms with E-state index in [1.54, 1.807) is 6.20 Å². The summed E-state index contributed by atoms with van der Waals surface area (Å²) in [5.74, 6) is 0.0789. The van der Waals surface area contributed by atoms with Gasteiger partial charge in [-0.15, -0.1) is 11.3 Å². The molecule has 1 aromatic heterocycles. The van der Waals surface area contributed by atoms with Crippen molar-refractivity contribution in [2.75, 3.05) is 12.3 Å². The first-order valence-corrected chi connectivity index (χ1v) is 7.65. The van der Waals surface area contributed by atoms with Crippen molar-refractivity contribution in [1.82, 2.24) is 9.71 Å². The molecule has 0 radical (unpaired) electrons. The van der Waals surface area contributed by atoms with E-state index in [2.05, 4.69) is 9.71 Å². The summed E-state index contributed by atoms with van der Waals surface area (Å²) in [7, 11) is -3.20. The summed E-state index contributed by atoms with van der Waals surface area (Å²) in [6.45, 7) is 2.71. The number of nitrogens with two attached hydrogens (primary N) is 1. The molecule has 0 aliphatic rings. The Morgan fingerprint density at radius 1 is 1.56 bits per heavy atom. The smallest absolute Gasteiger partial charge is 0.212 e. The van der Waals surface area contributed by atoms with Crippen molar-refractivity contribution in [2.45, 2.75) is 26.3 Å². The Morgan fingerprint density at radius 3 is 2.88 bits per heavy atom. The molecule has 1 rings (SSSR count). The Kier molecular flexibility index (Phi) is 5.33. The molecular formula is C9H17N3O2S2. The third-order valence-corrected chi connectivity index (χ3v) is 4.56. The van der Waals surface area contributed by atoms with Crippen LogP contribution in [0.3, 0.4) is 0 Å². The van der Waals surface area contributed by atoms with Gasteiger partial charge in [-0.3, -0.25) is 0 Å². The average Bonchev–Trinajstić information content (AvgIpc) is 2.72. The number of nitrogens with zero attached hydrogens (tertiary/aromatic N) is 1. The first-order valence-electron chi connectivity index (χ1n) is 5.18. The number of aromatic nitrogens is 1. The molecule has 1 aromatic rings. The molecule has 0 amide bonds. The summed E-state index contributed by atoms with van der Waals surface area (Å²) in [6.07, 6.45) is 3.19. The zero-order valence-electron chi connectivity index (χ0n) is 9.27.